The second-order valence-corrected chi connectivity index (χ2v) is 15.9. The van der Waals surface area contributed by atoms with Crippen molar-refractivity contribution in [2.45, 2.75) is 67.7 Å². The van der Waals surface area contributed by atoms with Gasteiger partial charge >= 0.3 is 17.9 Å². The van der Waals surface area contributed by atoms with Crippen LogP contribution in [0.15, 0.2) is 33.9 Å². The van der Waals surface area contributed by atoms with E-state index in [-0.39, 0.29) is 51.0 Å². The van der Waals surface area contributed by atoms with Crippen molar-refractivity contribution in [1.29, 1.82) is 0 Å². The summed E-state index contributed by atoms with van der Waals surface area (Å²) >= 11 is 8.30. The van der Waals surface area contributed by atoms with Crippen LogP contribution in [0.25, 0.3) is 0 Å². The number of amides is 3. The number of carbonyl (C=O) groups excluding carboxylic acids is 3. The number of hydrogen-bond acceptors (Lipinski definition) is 14. The third-order valence-corrected chi connectivity index (χ3v) is 12.6. The zero-order valence-electron chi connectivity index (χ0n) is 28.3. The fourth-order valence-corrected chi connectivity index (χ4v) is 9.71. The fourth-order valence-electron chi connectivity index (χ4n) is 7.58. The van der Waals surface area contributed by atoms with Crippen molar-refractivity contribution >= 4 is 81.2 Å². The van der Waals surface area contributed by atoms with E-state index in [1.165, 1.54) is 29.3 Å². The number of β-lactam (4-membered cyclic amide) rings is 1. The van der Waals surface area contributed by atoms with Crippen LogP contribution in [0, 0.1) is 0 Å². The fraction of sp³-hybridized carbons (Fsp3) is 0.438. The van der Waals surface area contributed by atoms with Crippen LogP contribution in [-0.4, -0.2) is 136 Å². The number of carboxylic acids is 3. The number of likely N-dealkylation sites (N-methyl/N-ethyl adjacent to an activating group) is 1. The molecule has 0 radical (unpaired) electrons. The van der Waals surface area contributed by atoms with Gasteiger partial charge in [0.1, 0.15) is 29.4 Å². The molecule has 6 rings (SSSR count). The normalized spacial score (nSPS) is 26.7. The van der Waals surface area contributed by atoms with E-state index in [9.17, 15) is 49.2 Å². The number of nitrogens with zero attached hydrogens (tertiary/aromatic N) is 4. The SMILES string of the molecule is C[N+]1(CC2=C(C(=O)O)N3C(=O)[C@@H](NC(=O)/C(=N\O[C@@H](CC(=O)O)C(=O)O)c4csc(N)n4)[C@H]3SC2)[C@@H]2CC[C@@H]1CC(NC(=O)c1ccc(O)c(O)c1Cl)C2. The number of carboxylic acid groups (broad SMARTS) is 3. The average molecular weight is 809 g/mol. The number of carbonyl (C=O) groups is 6. The highest BCUT2D eigenvalue weighted by Crippen LogP contribution is 2.46. The molecule has 19 nitrogen and oxygen atoms in total. The largest absolute Gasteiger partial charge is 0.504 e. The quantitative estimate of drug-likeness (QED) is 0.0456. The van der Waals surface area contributed by atoms with Gasteiger partial charge in [-0.1, -0.05) is 16.8 Å². The van der Waals surface area contributed by atoms with Gasteiger partial charge in [0.05, 0.1) is 36.1 Å². The number of thioether (sulfide) groups is 1. The second-order valence-electron chi connectivity index (χ2n) is 13.5. The molecule has 1 aromatic heterocycles. The number of fused-ring (bicyclic) bond motifs is 3. The van der Waals surface area contributed by atoms with Gasteiger partial charge in [-0.3, -0.25) is 24.1 Å². The van der Waals surface area contributed by atoms with Crippen LogP contribution < -0.4 is 16.4 Å². The Hall–Kier alpha value is -5.12. The first-order valence-corrected chi connectivity index (χ1v) is 18.8. The van der Waals surface area contributed by atoms with Gasteiger partial charge in [-0.25, -0.2) is 14.6 Å². The van der Waals surface area contributed by atoms with Crippen molar-refractivity contribution < 1.29 is 63.6 Å². The molecular weight excluding hydrogens is 774 g/mol. The highest BCUT2D eigenvalue weighted by atomic mass is 35.5. The molecule has 2 aromatic rings. The summed E-state index contributed by atoms with van der Waals surface area (Å²) in [5, 5.41) is 57.7. The smallest absolute Gasteiger partial charge is 0.352 e. The van der Waals surface area contributed by atoms with Crippen LogP contribution in [0.2, 0.25) is 5.02 Å². The number of halogens is 1. The Morgan fingerprint density at radius 1 is 1.13 bits per heavy atom. The third-order valence-electron chi connectivity index (χ3n) is 10.2. The van der Waals surface area contributed by atoms with Crippen LogP contribution >= 0.6 is 34.7 Å². The lowest BCUT2D eigenvalue weighted by molar-refractivity contribution is -0.944. The van der Waals surface area contributed by atoms with Gasteiger partial charge in [0, 0.05) is 48.4 Å². The minimum Gasteiger partial charge on any atom is -0.504 e. The van der Waals surface area contributed by atoms with Crippen molar-refractivity contribution in [3.8, 4) is 11.5 Å². The molecule has 3 fully saturated rings. The van der Waals surface area contributed by atoms with Gasteiger partial charge in [-0.2, -0.15) is 0 Å². The number of oxime groups is 1. The predicted octanol–water partition coefficient (Wildman–Crippen LogP) is 0.747. The molecule has 1 aromatic carbocycles. The number of hydrogen-bond donors (Lipinski definition) is 8. The van der Waals surface area contributed by atoms with E-state index in [0.29, 0.717) is 29.4 Å². The van der Waals surface area contributed by atoms with Crippen LogP contribution in [0.1, 0.15) is 48.2 Å². The molecular formula is C32H35ClN7O12S2+. The number of quaternary nitrogens is 1. The van der Waals surface area contributed by atoms with E-state index >= 15 is 0 Å². The first kappa shape index (κ1) is 38.6. The van der Waals surface area contributed by atoms with Crippen molar-refractivity contribution in [3.63, 3.8) is 0 Å². The molecule has 0 saturated carbocycles. The Morgan fingerprint density at radius 2 is 1.81 bits per heavy atom. The summed E-state index contributed by atoms with van der Waals surface area (Å²) in [6.45, 7) is 0.330. The predicted molar refractivity (Wildman–Crippen MR) is 191 cm³/mol. The molecule has 9 N–H and O–H groups in total. The van der Waals surface area contributed by atoms with E-state index in [0.717, 1.165) is 29.1 Å². The van der Waals surface area contributed by atoms with Crippen LogP contribution in [0.3, 0.4) is 0 Å². The van der Waals surface area contributed by atoms with Gasteiger partial charge in [0.15, 0.2) is 22.3 Å². The summed E-state index contributed by atoms with van der Waals surface area (Å²) < 4.78 is 0.502. The first-order valence-electron chi connectivity index (χ1n) is 16.5. The Labute approximate surface area is 319 Å². The summed E-state index contributed by atoms with van der Waals surface area (Å²) in [4.78, 5) is 85.3. The minimum atomic E-state index is -1.94. The number of phenols is 2. The van der Waals surface area contributed by atoms with Crippen molar-refractivity contribution in [3.05, 3.63) is 45.1 Å². The summed E-state index contributed by atoms with van der Waals surface area (Å²) in [6.07, 6.45) is -0.0691. The summed E-state index contributed by atoms with van der Waals surface area (Å²) in [6, 6.07) is 1.19. The molecule has 288 valence electrons. The third kappa shape index (κ3) is 7.22. The molecule has 0 spiro atoms. The van der Waals surface area contributed by atoms with E-state index in [2.05, 4.69) is 20.8 Å². The van der Waals surface area contributed by atoms with E-state index in [1.54, 1.807) is 0 Å². The number of nitrogens with one attached hydrogen (secondary N) is 2. The Kier molecular flexibility index (Phi) is 10.7. The van der Waals surface area contributed by atoms with Crippen LogP contribution in [-0.2, 0) is 28.8 Å². The molecule has 54 heavy (non-hydrogen) atoms. The maximum absolute atomic E-state index is 13.5. The summed E-state index contributed by atoms with van der Waals surface area (Å²) in [7, 11) is 2.04. The Morgan fingerprint density at radius 3 is 2.41 bits per heavy atom. The second kappa shape index (κ2) is 15.0. The number of anilines is 1. The van der Waals surface area contributed by atoms with Crippen molar-refractivity contribution in [1.82, 2.24) is 20.5 Å². The van der Waals surface area contributed by atoms with Gasteiger partial charge in [0.2, 0.25) is 6.10 Å². The Balaban J connectivity index is 1.15. The van der Waals surface area contributed by atoms with Crippen LogP contribution in [0.5, 0.6) is 11.5 Å². The minimum absolute atomic E-state index is 0.0214. The molecule has 0 aliphatic carbocycles. The lowest BCUT2D eigenvalue weighted by atomic mass is 9.92. The lowest BCUT2D eigenvalue weighted by Crippen LogP contribution is -2.71. The molecule has 4 aliphatic heterocycles. The molecule has 22 heteroatoms. The van der Waals surface area contributed by atoms with Crippen molar-refractivity contribution in [2.75, 3.05) is 25.1 Å². The number of piperidine rings is 1. The molecule has 4 aliphatic rings. The van der Waals surface area contributed by atoms with Crippen molar-refractivity contribution in [2.24, 2.45) is 5.16 Å². The van der Waals surface area contributed by atoms with E-state index in [1.807, 2.05) is 7.05 Å². The highest BCUT2D eigenvalue weighted by molar-refractivity contribution is 8.00. The highest BCUT2D eigenvalue weighted by Gasteiger charge is 2.57. The standard InChI is InChI=1S/C32H34ClN7O12S2/c1-40(14-2-3-15(40)7-13(6-14)35-26(45)16-4-5-18(41)25(44)21(16)33)9-12-10-53-29-23(28(47)39(29)24(12)31(50)51)37-27(46)22(17-11-54-32(34)36-17)38-52-19(30(48)49)8-20(42)43/h4-5,11,13-15,19,23,29H,2-3,6-10H2,1H3,(H8-,34,35,36,37,38,41,42,43,44,45,46,48,49,50,51)/p+1/t13?,14-,15-,19+,23-,29-,40?/m1/s1. The maximum atomic E-state index is 13.5. The lowest BCUT2D eigenvalue weighted by Gasteiger charge is -2.52. The number of nitrogens with two attached hydrogens (primary N) is 1. The molecule has 3 amide bonds. The first-order chi connectivity index (χ1) is 25.5. The van der Waals surface area contributed by atoms with Gasteiger partial charge in [-0.15, -0.1) is 23.1 Å². The number of aromatic nitrogens is 1. The zero-order chi connectivity index (χ0) is 39.2. The average Bonchev–Trinajstić information content (AvgIpc) is 3.57. The van der Waals surface area contributed by atoms with E-state index in [4.69, 9.17) is 27.3 Å². The molecule has 3 saturated heterocycles. The molecule has 2 bridgehead atoms. The summed E-state index contributed by atoms with van der Waals surface area (Å²) in [5.41, 5.74) is 5.39. The van der Waals surface area contributed by atoms with Crippen LogP contribution in [0.4, 0.5) is 5.13 Å². The van der Waals surface area contributed by atoms with Gasteiger partial charge < -0.3 is 51.2 Å². The van der Waals surface area contributed by atoms with Gasteiger partial charge in [0.25, 0.3) is 17.7 Å². The maximum Gasteiger partial charge on any atom is 0.352 e. The van der Waals surface area contributed by atoms with E-state index < -0.39 is 76.8 Å². The number of thiazole rings is 1. The van der Waals surface area contributed by atoms with Gasteiger partial charge in [-0.05, 0) is 12.1 Å². The number of phenolic OH excluding ortho intramolecular Hbond substituents is 2. The number of nitrogen functional groups attached to an aromatic ring is 1. The summed E-state index contributed by atoms with van der Waals surface area (Å²) in [5.74, 6) is -7.46. The topological polar surface area (TPSA) is 291 Å². The number of rotatable bonds is 13. The molecule has 5 atom stereocenters. The number of aromatic hydroxyl groups is 2. The number of benzene rings is 1. The molecule has 5 heterocycles. The monoisotopic (exact) mass is 808 g/mol. The molecule has 0 unspecified atom stereocenters. The number of aliphatic carboxylic acids is 3. The Bertz CT molecular complexity index is 1990. The zero-order valence-corrected chi connectivity index (χ0v) is 30.7.